The van der Waals surface area contributed by atoms with Crippen LogP contribution in [0.1, 0.15) is 23.3 Å². The monoisotopic (exact) mass is 397 g/mol. The first kappa shape index (κ1) is 18.5. The number of hydrogen-bond donors (Lipinski definition) is 1. The average molecular weight is 397 g/mol. The van der Waals surface area contributed by atoms with Gasteiger partial charge in [0.1, 0.15) is 11.6 Å². The highest BCUT2D eigenvalue weighted by Crippen LogP contribution is 2.25. The molecule has 0 atom stereocenters. The standard InChI is InChI=1S/C20H20FN5OS/c21-16-3-1-14(2-4-16)11-17-12-24-20(28-17)25-19(27)15-5-9-26(10-6-15)18-13-22-7-8-23-18/h1-4,7-8,12-13,15H,5-6,9-11H2,(H,24,25,27). The van der Waals surface area contributed by atoms with Crippen molar-refractivity contribution < 1.29 is 9.18 Å². The SMILES string of the molecule is O=C(Nc1ncc(Cc2ccc(F)cc2)s1)C1CCN(c2cnccn2)CC1. The van der Waals surface area contributed by atoms with Gasteiger partial charge in [-0.25, -0.2) is 14.4 Å². The van der Waals surface area contributed by atoms with Crippen LogP contribution in [-0.4, -0.2) is 33.9 Å². The largest absolute Gasteiger partial charge is 0.355 e. The van der Waals surface area contributed by atoms with Crippen molar-refractivity contribution in [2.24, 2.45) is 5.92 Å². The third-order valence-corrected chi connectivity index (χ3v) is 5.73. The summed E-state index contributed by atoms with van der Waals surface area (Å²) in [7, 11) is 0. The molecule has 1 aliphatic heterocycles. The Labute approximate surface area is 166 Å². The zero-order chi connectivity index (χ0) is 19.3. The Morgan fingerprint density at radius 1 is 1.14 bits per heavy atom. The van der Waals surface area contributed by atoms with Crippen molar-refractivity contribution in [3.63, 3.8) is 0 Å². The number of hydrogen-bond acceptors (Lipinski definition) is 6. The van der Waals surface area contributed by atoms with Gasteiger partial charge in [-0.2, -0.15) is 0 Å². The smallest absolute Gasteiger partial charge is 0.229 e. The fourth-order valence-electron chi connectivity index (χ4n) is 3.28. The first-order valence-electron chi connectivity index (χ1n) is 9.18. The lowest BCUT2D eigenvalue weighted by molar-refractivity contribution is -0.120. The van der Waals surface area contributed by atoms with E-state index in [2.05, 4.69) is 25.2 Å². The minimum absolute atomic E-state index is 0.0153. The van der Waals surface area contributed by atoms with Crippen LogP contribution in [0.15, 0.2) is 49.1 Å². The number of nitrogens with one attached hydrogen (secondary N) is 1. The highest BCUT2D eigenvalue weighted by molar-refractivity contribution is 7.15. The molecule has 1 aliphatic rings. The number of carbonyl (C=O) groups is 1. The van der Waals surface area contributed by atoms with Crippen molar-refractivity contribution in [3.05, 3.63) is 65.3 Å². The molecule has 3 aromatic rings. The summed E-state index contributed by atoms with van der Waals surface area (Å²) in [4.78, 5) is 28.5. The third kappa shape index (κ3) is 4.51. The fourth-order valence-corrected chi connectivity index (χ4v) is 4.13. The first-order chi connectivity index (χ1) is 13.7. The number of anilines is 2. The molecule has 0 aliphatic carbocycles. The van der Waals surface area contributed by atoms with Crippen molar-refractivity contribution >= 4 is 28.2 Å². The normalized spacial score (nSPS) is 14.8. The van der Waals surface area contributed by atoms with Gasteiger partial charge < -0.3 is 10.2 Å². The highest BCUT2D eigenvalue weighted by atomic mass is 32.1. The van der Waals surface area contributed by atoms with Crippen LogP contribution in [-0.2, 0) is 11.2 Å². The summed E-state index contributed by atoms with van der Waals surface area (Å²) >= 11 is 1.46. The molecule has 0 saturated carbocycles. The molecular weight excluding hydrogens is 377 g/mol. The van der Waals surface area contributed by atoms with Gasteiger partial charge >= 0.3 is 0 Å². The zero-order valence-corrected chi connectivity index (χ0v) is 16.0. The summed E-state index contributed by atoms with van der Waals surface area (Å²) in [6, 6.07) is 6.43. The molecule has 6 nitrogen and oxygen atoms in total. The first-order valence-corrected chi connectivity index (χ1v) is 10.00. The molecule has 8 heteroatoms. The predicted octanol–water partition coefficient (Wildman–Crippen LogP) is 3.52. The second-order valence-electron chi connectivity index (χ2n) is 6.75. The third-order valence-electron chi connectivity index (χ3n) is 4.81. The molecular formula is C20H20FN5OS. The van der Waals surface area contributed by atoms with Gasteiger partial charge in [0.2, 0.25) is 5.91 Å². The van der Waals surface area contributed by atoms with Gasteiger partial charge in [-0.3, -0.25) is 9.78 Å². The summed E-state index contributed by atoms with van der Waals surface area (Å²) < 4.78 is 13.0. The summed E-state index contributed by atoms with van der Waals surface area (Å²) in [5, 5.41) is 3.55. The molecule has 0 unspecified atom stereocenters. The van der Waals surface area contributed by atoms with Crippen molar-refractivity contribution in [3.8, 4) is 0 Å². The maximum Gasteiger partial charge on any atom is 0.229 e. The molecule has 1 saturated heterocycles. The van der Waals surface area contributed by atoms with E-state index in [0.29, 0.717) is 11.6 Å². The molecule has 1 amide bonds. The van der Waals surface area contributed by atoms with Gasteiger partial charge in [0.25, 0.3) is 0 Å². The number of thiazole rings is 1. The lowest BCUT2D eigenvalue weighted by atomic mass is 9.96. The Hall–Kier alpha value is -2.87. The molecule has 4 rings (SSSR count). The van der Waals surface area contributed by atoms with E-state index in [9.17, 15) is 9.18 Å². The van der Waals surface area contributed by atoms with E-state index in [-0.39, 0.29) is 17.6 Å². The molecule has 1 fully saturated rings. The maximum absolute atomic E-state index is 13.0. The van der Waals surface area contributed by atoms with Crippen molar-refractivity contribution in [2.45, 2.75) is 19.3 Å². The van der Waals surface area contributed by atoms with Crippen LogP contribution in [0.2, 0.25) is 0 Å². The van der Waals surface area contributed by atoms with Gasteiger partial charge in [-0.15, -0.1) is 11.3 Å². The second kappa shape index (κ2) is 8.43. The van der Waals surface area contributed by atoms with Crippen LogP contribution in [0.4, 0.5) is 15.3 Å². The van der Waals surface area contributed by atoms with Crippen LogP contribution in [0.25, 0.3) is 0 Å². The van der Waals surface area contributed by atoms with E-state index in [1.165, 1.54) is 23.5 Å². The van der Waals surface area contributed by atoms with E-state index in [0.717, 1.165) is 42.2 Å². The zero-order valence-electron chi connectivity index (χ0n) is 15.2. The summed E-state index contributed by atoms with van der Waals surface area (Å²) in [5.74, 6) is 0.594. The Balaban J connectivity index is 1.30. The van der Waals surface area contributed by atoms with E-state index >= 15 is 0 Å². The van der Waals surface area contributed by atoms with Crippen LogP contribution in [0.5, 0.6) is 0 Å². The fraction of sp³-hybridized carbons (Fsp3) is 0.300. The summed E-state index contributed by atoms with van der Waals surface area (Å²) in [5.41, 5.74) is 1.01. The Morgan fingerprint density at radius 3 is 2.64 bits per heavy atom. The van der Waals surface area contributed by atoms with Crippen LogP contribution >= 0.6 is 11.3 Å². The van der Waals surface area contributed by atoms with Crippen molar-refractivity contribution in [2.75, 3.05) is 23.3 Å². The Morgan fingerprint density at radius 2 is 1.93 bits per heavy atom. The summed E-state index contributed by atoms with van der Waals surface area (Å²) in [6.45, 7) is 1.56. The molecule has 144 valence electrons. The number of halogens is 1. The number of aromatic nitrogens is 3. The highest BCUT2D eigenvalue weighted by Gasteiger charge is 2.26. The second-order valence-corrected chi connectivity index (χ2v) is 7.86. The average Bonchev–Trinajstić information content (AvgIpc) is 3.17. The lowest BCUT2D eigenvalue weighted by Crippen LogP contribution is -2.38. The minimum Gasteiger partial charge on any atom is -0.355 e. The van der Waals surface area contributed by atoms with Crippen molar-refractivity contribution in [1.82, 2.24) is 15.0 Å². The molecule has 0 spiro atoms. The predicted molar refractivity (Wildman–Crippen MR) is 107 cm³/mol. The molecule has 28 heavy (non-hydrogen) atoms. The topological polar surface area (TPSA) is 71.0 Å². The Bertz CT molecular complexity index is 923. The Kier molecular flexibility index (Phi) is 5.57. The molecule has 1 aromatic carbocycles. The van der Waals surface area contributed by atoms with Gasteiger partial charge in [0, 0.05) is 48.9 Å². The molecule has 0 radical (unpaired) electrons. The number of amides is 1. The molecule has 0 bridgehead atoms. The van der Waals surface area contributed by atoms with Crippen LogP contribution in [0, 0.1) is 11.7 Å². The molecule has 2 aromatic heterocycles. The number of benzene rings is 1. The van der Waals surface area contributed by atoms with E-state index in [1.807, 2.05) is 0 Å². The van der Waals surface area contributed by atoms with Gasteiger partial charge in [-0.1, -0.05) is 12.1 Å². The molecule has 1 N–H and O–H groups in total. The number of nitrogens with zero attached hydrogens (tertiary/aromatic N) is 4. The minimum atomic E-state index is -0.244. The van der Waals surface area contributed by atoms with E-state index in [4.69, 9.17) is 0 Å². The maximum atomic E-state index is 13.0. The van der Waals surface area contributed by atoms with Gasteiger partial charge in [0.15, 0.2) is 5.13 Å². The molecule has 3 heterocycles. The quantitative estimate of drug-likeness (QED) is 0.713. The van der Waals surface area contributed by atoms with Crippen LogP contribution in [0.3, 0.4) is 0 Å². The number of piperidine rings is 1. The van der Waals surface area contributed by atoms with E-state index < -0.39 is 0 Å². The van der Waals surface area contributed by atoms with Crippen LogP contribution < -0.4 is 10.2 Å². The van der Waals surface area contributed by atoms with Crippen molar-refractivity contribution in [1.29, 1.82) is 0 Å². The van der Waals surface area contributed by atoms with Gasteiger partial charge in [-0.05, 0) is 30.5 Å². The number of rotatable bonds is 5. The van der Waals surface area contributed by atoms with Gasteiger partial charge in [0.05, 0.1) is 6.20 Å². The lowest BCUT2D eigenvalue weighted by Gasteiger charge is -2.31. The number of carbonyl (C=O) groups excluding carboxylic acids is 1. The van der Waals surface area contributed by atoms with E-state index in [1.54, 1.807) is 36.9 Å². The summed E-state index contributed by atoms with van der Waals surface area (Å²) in [6.07, 6.45) is 9.07.